The van der Waals surface area contributed by atoms with E-state index in [1.165, 1.54) is 12.8 Å². The maximum absolute atomic E-state index is 8.87. The van der Waals surface area contributed by atoms with Gasteiger partial charge in [0, 0.05) is 6.42 Å². The first-order chi connectivity index (χ1) is 6.88. The zero-order chi connectivity index (χ0) is 9.80. The summed E-state index contributed by atoms with van der Waals surface area (Å²) in [6.45, 7) is 2.83. The summed E-state index contributed by atoms with van der Waals surface area (Å²) in [6, 6.07) is 0. The first-order valence-corrected chi connectivity index (χ1v) is 5.47. The SMILES string of the molecule is OCC1COC(CC2CCCNC2)O1. The van der Waals surface area contributed by atoms with Gasteiger partial charge < -0.3 is 19.9 Å². The van der Waals surface area contributed by atoms with Crippen LogP contribution in [0.1, 0.15) is 19.3 Å². The second-order valence-corrected chi connectivity index (χ2v) is 4.15. The Morgan fingerprint density at radius 1 is 1.43 bits per heavy atom. The van der Waals surface area contributed by atoms with Crippen molar-refractivity contribution in [3.05, 3.63) is 0 Å². The maximum Gasteiger partial charge on any atom is 0.158 e. The van der Waals surface area contributed by atoms with Crippen molar-refractivity contribution in [3.8, 4) is 0 Å². The lowest BCUT2D eigenvalue weighted by atomic mass is 9.96. The largest absolute Gasteiger partial charge is 0.394 e. The average molecular weight is 201 g/mol. The van der Waals surface area contributed by atoms with Gasteiger partial charge in [0.2, 0.25) is 0 Å². The molecular weight excluding hydrogens is 182 g/mol. The van der Waals surface area contributed by atoms with E-state index in [9.17, 15) is 0 Å². The van der Waals surface area contributed by atoms with Crippen molar-refractivity contribution in [2.45, 2.75) is 31.7 Å². The standard InChI is InChI=1S/C10H19NO3/c12-6-9-7-13-10(14-9)4-8-2-1-3-11-5-8/h8-12H,1-7H2. The minimum atomic E-state index is -0.100. The van der Waals surface area contributed by atoms with Gasteiger partial charge in [0.15, 0.2) is 6.29 Å². The molecule has 0 bridgehead atoms. The van der Waals surface area contributed by atoms with E-state index in [0.717, 1.165) is 19.5 Å². The van der Waals surface area contributed by atoms with Crippen LogP contribution < -0.4 is 5.32 Å². The van der Waals surface area contributed by atoms with Gasteiger partial charge >= 0.3 is 0 Å². The minimum Gasteiger partial charge on any atom is -0.394 e. The van der Waals surface area contributed by atoms with Crippen molar-refractivity contribution in [2.24, 2.45) is 5.92 Å². The normalized spacial score (nSPS) is 38.8. The van der Waals surface area contributed by atoms with E-state index in [0.29, 0.717) is 12.5 Å². The van der Waals surface area contributed by atoms with E-state index in [-0.39, 0.29) is 19.0 Å². The highest BCUT2D eigenvalue weighted by molar-refractivity contribution is 4.73. The van der Waals surface area contributed by atoms with Crippen LogP contribution in [0.5, 0.6) is 0 Å². The Labute approximate surface area is 84.6 Å². The van der Waals surface area contributed by atoms with Gasteiger partial charge in [-0.1, -0.05) is 0 Å². The van der Waals surface area contributed by atoms with Crippen LogP contribution in [0.3, 0.4) is 0 Å². The van der Waals surface area contributed by atoms with Crippen LogP contribution in [-0.2, 0) is 9.47 Å². The first kappa shape index (κ1) is 10.4. The average Bonchev–Trinajstić information content (AvgIpc) is 2.67. The molecular formula is C10H19NO3. The molecule has 82 valence electrons. The molecule has 3 atom stereocenters. The van der Waals surface area contributed by atoms with Crippen LogP contribution in [0.4, 0.5) is 0 Å². The zero-order valence-corrected chi connectivity index (χ0v) is 8.45. The van der Waals surface area contributed by atoms with Gasteiger partial charge in [-0.2, -0.15) is 0 Å². The third-order valence-electron chi connectivity index (χ3n) is 2.94. The fraction of sp³-hybridized carbons (Fsp3) is 1.00. The van der Waals surface area contributed by atoms with Crippen LogP contribution >= 0.6 is 0 Å². The lowest BCUT2D eigenvalue weighted by Gasteiger charge is -2.24. The number of hydrogen-bond donors (Lipinski definition) is 2. The Kier molecular flexibility index (Phi) is 3.75. The molecule has 4 nitrogen and oxygen atoms in total. The quantitative estimate of drug-likeness (QED) is 0.680. The monoisotopic (exact) mass is 201 g/mol. The van der Waals surface area contributed by atoms with Crippen LogP contribution in [0.15, 0.2) is 0 Å². The van der Waals surface area contributed by atoms with Gasteiger partial charge in [-0.05, 0) is 31.8 Å². The molecule has 14 heavy (non-hydrogen) atoms. The Morgan fingerprint density at radius 2 is 2.36 bits per heavy atom. The second-order valence-electron chi connectivity index (χ2n) is 4.15. The molecule has 0 amide bonds. The van der Waals surface area contributed by atoms with E-state index in [1.807, 2.05) is 0 Å². The number of aliphatic hydroxyl groups is 1. The van der Waals surface area contributed by atoms with Crippen LogP contribution in [-0.4, -0.2) is 43.8 Å². The van der Waals surface area contributed by atoms with Crippen molar-refractivity contribution in [1.29, 1.82) is 0 Å². The highest BCUT2D eigenvalue weighted by Gasteiger charge is 2.28. The molecule has 0 aromatic carbocycles. The smallest absolute Gasteiger partial charge is 0.158 e. The molecule has 2 saturated heterocycles. The number of ether oxygens (including phenoxy) is 2. The molecule has 4 heteroatoms. The van der Waals surface area contributed by atoms with Gasteiger partial charge in [-0.25, -0.2) is 0 Å². The fourth-order valence-corrected chi connectivity index (χ4v) is 2.12. The molecule has 2 heterocycles. The molecule has 0 saturated carbocycles. The van der Waals surface area contributed by atoms with Gasteiger partial charge in [0.1, 0.15) is 6.10 Å². The van der Waals surface area contributed by atoms with E-state index in [2.05, 4.69) is 5.32 Å². The first-order valence-electron chi connectivity index (χ1n) is 5.47. The van der Waals surface area contributed by atoms with E-state index < -0.39 is 0 Å². The van der Waals surface area contributed by atoms with Gasteiger partial charge in [-0.15, -0.1) is 0 Å². The molecule has 2 N–H and O–H groups in total. The molecule has 0 aromatic heterocycles. The van der Waals surface area contributed by atoms with Gasteiger partial charge in [-0.3, -0.25) is 0 Å². The summed E-state index contributed by atoms with van der Waals surface area (Å²) in [7, 11) is 0. The Morgan fingerprint density at radius 3 is 3.00 bits per heavy atom. The van der Waals surface area contributed by atoms with Crippen molar-refractivity contribution < 1.29 is 14.6 Å². The van der Waals surface area contributed by atoms with Crippen molar-refractivity contribution in [2.75, 3.05) is 26.3 Å². The molecule has 0 radical (unpaired) electrons. The summed E-state index contributed by atoms with van der Waals surface area (Å²) in [6.07, 6.45) is 3.29. The lowest BCUT2D eigenvalue weighted by molar-refractivity contribution is -0.0790. The van der Waals surface area contributed by atoms with Crippen molar-refractivity contribution >= 4 is 0 Å². The van der Waals surface area contributed by atoms with Crippen molar-refractivity contribution in [1.82, 2.24) is 5.32 Å². The lowest BCUT2D eigenvalue weighted by Crippen LogP contribution is -2.32. The van der Waals surface area contributed by atoms with Crippen LogP contribution in [0.25, 0.3) is 0 Å². The number of nitrogens with one attached hydrogen (secondary N) is 1. The predicted octanol–water partition coefficient (Wildman–Crippen LogP) is 0.110. The minimum absolute atomic E-state index is 0.0689. The summed E-state index contributed by atoms with van der Waals surface area (Å²) in [5.74, 6) is 0.672. The Bertz CT molecular complexity index is 171. The number of aliphatic hydroxyl groups excluding tert-OH is 1. The summed E-state index contributed by atoms with van der Waals surface area (Å²) in [5, 5.41) is 12.2. The Balaban J connectivity index is 1.69. The van der Waals surface area contributed by atoms with Gasteiger partial charge in [0.05, 0.1) is 13.2 Å². The molecule has 0 aromatic rings. The molecule has 2 aliphatic rings. The third kappa shape index (κ3) is 2.67. The summed E-state index contributed by atoms with van der Waals surface area (Å²) in [4.78, 5) is 0. The number of rotatable bonds is 3. The molecule has 0 spiro atoms. The maximum atomic E-state index is 8.87. The van der Waals surface area contributed by atoms with Crippen LogP contribution in [0.2, 0.25) is 0 Å². The fourth-order valence-electron chi connectivity index (χ4n) is 2.12. The zero-order valence-electron chi connectivity index (χ0n) is 8.45. The van der Waals surface area contributed by atoms with Crippen molar-refractivity contribution in [3.63, 3.8) is 0 Å². The highest BCUT2D eigenvalue weighted by atomic mass is 16.7. The highest BCUT2D eigenvalue weighted by Crippen LogP contribution is 2.22. The topological polar surface area (TPSA) is 50.7 Å². The summed E-state index contributed by atoms with van der Waals surface area (Å²) < 4.78 is 11.0. The predicted molar refractivity (Wildman–Crippen MR) is 51.9 cm³/mol. The summed E-state index contributed by atoms with van der Waals surface area (Å²) >= 11 is 0. The second kappa shape index (κ2) is 5.07. The van der Waals surface area contributed by atoms with E-state index >= 15 is 0 Å². The van der Waals surface area contributed by atoms with E-state index in [1.54, 1.807) is 0 Å². The van der Waals surface area contributed by atoms with Gasteiger partial charge in [0.25, 0.3) is 0 Å². The molecule has 2 rings (SSSR count). The molecule has 2 aliphatic heterocycles. The number of piperidine rings is 1. The Hall–Kier alpha value is -0.160. The number of hydrogen-bond acceptors (Lipinski definition) is 4. The molecule has 2 fully saturated rings. The molecule has 0 aliphatic carbocycles. The third-order valence-corrected chi connectivity index (χ3v) is 2.94. The van der Waals surface area contributed by atoms with Crippen LogP contribution in [0, 0.1) is 5.92 Å². The molecule has 3 unspecified atom stereocenters. The van der Waals surface area contributed by atoms with E-state index in [4.69, 9.17) is 14.6 Å². The summed E-state index contributed by atoms with van der Waals surface area (Å²) in [5.41, 5.74) is 0.